The Morgan fingerprint density at radius 1 is 0.556 bits per heavy atom. The first-order valence-electron chi connectivity index (χ1n) is 17.9. The Kier molecular flexibility index (Phi) is 10.4. The number of furan rings is 1. The van der Waals surface area contributed by atoms with Gasteiger partial charge in [-0.05, 0) is 120 Å². The Morgan fingerprint density at radius 3 is 2.11 bits per heavy atom. The summed E-state index contributed by atoms with van der Waals surface area (Å²) >= 11 is 0. The molecule has 4 heterocycles. The molecular weight excluding hydrogens is 839 g/mol. The van der Waals surface area contributed by atoms with Crippen LogP contribution in [-0.2, 0) is 20.1 Å². The quantitative estimate of drug-likeness (QED) is 0.165. The zero-order valence-corrected chi connectivity index (χ0v) is 33.6. The van der Waals surface area contributed by atoms with E-state index in [4.69, 9.17) is 9.40 Å². The third-order valence-corrected chi connectivity index (χ3v) is 9.99. The van der Waals surface area contributed by atoms with Crippen LogP contribution in [0.5, 0.6) is 0 Å². The fourth-order valence-electron chi connectivity index (χ4n) is 6.80. The van der Waals surface area contributed by atoms with Crippen molar-refractivity contribution in [1.29, 1.82) is 0 Å². The van der Waals surface area contributed by atoms with Gasteiger partial charge in [-0.1, -0.05) is 84.1 Å². The van der Waals surface area contributed by atoms with Crippen LogP contribution in [0.15, 0.2) is 132 Å². The summed E-state index contributed by atoms with van der Waals surface area (Å²) in [5, 5.41) is 4.49. The van der Waals surface area contributed by atoms with Crippen molar-refractivity contribution in [1.82, 2.24) is 15.0 Å². The van der Waals surface area contributed by atoms with Gasteiger partial charge in [-0.25, -0.2) is 4.98 Å². The van der Waals surface area contributed by atoms with Crippen LogP contribution >= 0.6 is 0 Å². The van der Waals surface area contributed by atoms with E-state index >= 15 is 0 Å². The van der Waals surface area contributed by atoms with Crippen LogP contribution < -0.4 is 0 Å². The smallest absolute Gasteiger partial charge is 0.216 e. The topological polar surface area (TPSA) is 51.8 Å². The van der Waals surface area contributed by atoms with Gasteiger partial charge in [-0.2, -0.15) is 0 Å². The number of hydrogen-bond donors (Lipinski definition) is 0. The van der Waals surface area contributed by atoms with Crippen LogP contribution in [0.2, 0.25) is 0 Å². The van der Waals surface area contributed by atoms with Crippen molar-refractivity contribution in [2.75, 3.05) is 0 Å². The summed E-state index contributed by atoms with van der Waals surface area (Å²) in [6.07, 6.45) is 3.86. The molecule has 4 nitrogen and oxygen atoms in total. The number of benzene rings is 5. The first-order chi connectivity index (χ1) is 25.7. The van der Waals surface area contributed by atoms with Gasteiger partial charge in [0.05, 0.1) is 5.58 Å². The molecule has 54 heavy (non-hydrogen) atoms. The van der Waals surface area contributed by atoms with E-state index in [2.05, 4.69) is 148 Å². The van der Waals surface area contributed by atoms with Gasteiger partial charge < -0.3 is 14.4 Å². The molecule has 0 atom stereocenters. The number of aryl methyl sites for hydroxylation is 6. The second kappa shape index (κ2) is 15.3. The van der Waals surface area contributed by atoms with Crippen molar-refractivity contribution in [3.63, 3.8) is 0 Å². The Morgan fingerprint density at radius 2 is 1.33 bits per heavy atom. The molecule has 0 aliphatic heterocycles. The van der Waals surface area contributed by atoms with Gasteiger partial charge >= 0.3 is 0 Å². The van der Waals surface area contributed by atoms with Gasteiger partial charge in [-0.3, -0.25) is 0 Å². The maximum absolute atomic E-state index is 6.24. The number of pyridine rings is 3. The van der Waals surface area contributed by atoms with Gasteiger partial charge in [0.2, 0.25) is 5.71 Å². The second-order valence-electron chi connectivity index (χ2n) is 13.9. The standard InChI is InChI=1S/C35H25N2O.C14H14N.Ir/c1-21-16-27-17-25(24-8-5-4-6-9-24)13-14-26(27)18-31(21)32-19-33(36-20-22(32)2)30-11-7-10-28-29-15-12-23(3)37-35(29)38-34(28)30;1-10-4-6-13(7-5-10)14-8-11(2)12(3)9-15-14;/h4-10,12-20H,1-3H3;4-6,8-9H,1-3H3;/q2*-1;. The average Bonchev–Trinajstić information content (AvgIpc) is 3.54. The number of aromatic nitrogens is 3. The molecule has 267 valence electrons. The summed E-state index contributed by atoms with van der Waals surface area (Å²) in [7, 11) is 0. The van der Waals surface area contributed by atoms with E-state index in [1.807, 2.05) is 43.6 Å². The molecule has 0 bridgehead atoms. The predicted molar refractivity (Wildman–Crippen MR) is 219 cm³/mol. The fourth-order valence-corrected chi connectivity index (χ4v) is 6.80. The summed E-state index contributed by atoms with van der Waals surface area (Å²) in [5.74, 6) is 0. The van der Waals surface area contributed by atoms with Crippen LogP contribution in [-0.4, -0.2) is 15.0 Å². The molecule has 0 amide bonds. The molecule has 9 aromatic rings. The van der Waals surface area contributed by atoms with Gasteiger partial charge in [0.15, 0.2) is 0 Å². The minimum absolute atomic E-state index is 0. The van der Waals surface area contributed by atoms with Gasteiger partial charge in [0, 0.05) is 43.6 Å². The van der Waals surface area contributed by atoms with E-state index < -0.39 is 0 Å². The Bertz CT molecular complexity index is 2790. The normalized spacial score (nSPS) is 11.0. The zero-order chi connectivity index (χ0) is 36.6. The van der Waals surface area contributed by atoms with Crippen molar-refractivity contribution in [2.45, 2.75) is 41.5 Å². The Hall–Kier alpha value is -5.74. The second-order valence-corrected chi connectivity index (χ2v) is 13.9. The van der Waals surface area contributed by atoms with Crippen molar-refractivity contribution in [3.8, 4) is 44.8 Å². The number of rotatable bonds is 4. The Labute approximate surface area is 330 Å². The van der Waals surface area contributed by atoms with Crippen molar-refractivity contribution in [3.05, 3.63) is 173 Å². The average molecular weight is 878 g/mol. The third-order valence-electron chi connectivity index (χ3n) is 9.99. The fraction of sp³-hybridized carbons (Fsp3) is 0.122. The molecular formula is C49H39IrN3O-2. The van der Waals surface area contributed by atoms with E-state index in [0.717, 1.165) is 55.7 Å². The number of fused-ring (bicyclic) bond motifs is 4. The number of nitrogens with zero attached hydrogens (tertiary/aromatic N) is 3. The molecule has 0 N–H and O–H groups in total. The SMILES string of the molecule is Cc1c[c-]c(-c2cc(C)c(C)cn2)cc1.Cc1ccc2c(n1)oc1c(-c3cc(-c4cc5ccc(-c6ccccc6)cc5cc4C)c(C)cn3)[c-]ccc12.[Ir]. The van der Waals surface area contributed by atoms with E-state index in [1.165, 1.54) is 49.7 Å². The van der Waals surface area contributed by atoms with Crippen LogP contribution in [0.3, 0.4) is 0 Å². The molecule has 0 saturated heterocycles. The van der Waals surface area contributed by atoms with E-state index in [9.17, 15) is 0 Å². The summed E-state index contributed by atoms with van der Waals surface area (Å²) in [6, 6.07) is 46.9. The molecule has 0 aliphatic carbocycles. The molecule has 1 radical (unpaired) electrons. The summed E-state index contributed by atoms with van der Waals surface area (Å²) in [4.78, 5) is 13.8. The minimum atomic E-state index is 0. The molecule has 4 aromatic heterocycles. The molecule has 0 fully saturated rings. The van der Waals surface area contributed by atoms with E-state index in [1.54, 1.807) is 0 Å². The van der Waals surface area contributed by atoms with E-state index in [0.29, 0.717) is 5.71 Å². The van der Waals surface area contributed by atoms with Crippen LogP contribution in [0.4, 0.5) is 0 Å². The first kappa shape index (κ1) is 36.6. The monoisotopic (exact) mass is 878 g/mol. The van der Waals surface area contributed by atoms with Crippen LogP contribution in [0, 0.1) is 53.7 Å². The summed E-state index contributed by atoms with van der Waals surface area (Å²) in [5.41, 5.74) is 17.0. The van der Waals surface area contributed by atoms with Crippen molar-refractivity contribution < 1.29 is 24.5 Å². The minimum Gasteiger partial charge on any atom is -0.486 e. The Balaban J connectivity index is 0.000000237. The molecule has 0 aliphatic rings. The maximum atomic E-state index is 6.24. The molecule has 9 rings (SSSR count). The molecule has 5 aromatic carbocycles. The molecule has 0 saturated carbocycles. The summed E-state index contributed by atoms with van der Waals surface area (Å²) in [6.45, 7) is 12.5. The zero-order valence-electron chi connectivity index (χ0n) is 31.2. The van der Waals surface area contributed by atoms with Crippen LogP contribution in [0.1, 0.15) is 33.5 Å². The molecule has 0 spiro atoms. The van der Waals surface area contributed by atoms with Crippen LogP contribution in [0.25, 0.3) is 77.6 Å². The maximum Gasteiger partial charge on any atom is 0.216 e. The number of hydrogen-bond acceptors (Lipinski definition) is 4. The largest absolute Gasteiger partial charge is 0.486 e. The van der Waals surface area contributed by atoms with Crippen molar-refractivity contribution >= 4 is 32.8 Å². The third kappa shape index (κ3) is 7.26. The van der Waals surface area contributed by atoms with Crippen molar-refractivity contribution in [2.24, 2.45) is 0 Å². The summed E-state index contributed by atoms with van der Waals surface area (Å²) < 4.78 is 6.24. The molecule has 0 unspecified atom stereocenters. The predicted octanol–water partition coefficient (Wildman–Crippen LogP) is 12.7. The van der Waals surface area contributed by atoms with Gasteiger partial charge in [0.1, 0.15) is 0 Å². The first-order valence-corrected chi connectivity index (χ1v) is 17.9. The van der Waals surface area contributed by atoms with Gasteiger partial charge in [0.25, 0.3) is 0 Å². The van der Waals surface area contributed by atoms with E-state index in [-0.39, 0.29) is 20.1 Å². The van der Waals surface area contributed by atoms with Gasteiger partial charge in [-0.15, -0.1) is 53.6 Å². The molecule has 5 heteroatoms.